The Morgan fingerprint density at radius 1 is 1.67 bits per heavy atom. The second-order valence-corrected chi connectivity index (χ2v) is 3.16. The van der Waals surface area contributed by atoms with E-state index in [0.29, 0.717) is 19.8 Å². The minimum atomic E-state index is -0.486. The van der Waals surface area contributed by atoms with E-state index in [9.17, 15) is 0 Å². The number of nitrogens with two attached hydrogens (primary N) is 1. The number of hydrogen-bond donors (Lipinski definition) is 1. The van der Waals surface area contributed by atoms with Crippen molar-refractivity contribution in [3.63, 3.8) is 0 Å². The summed E-state index contributed by atoms with van der Waals surface area (Å²) in [6.07, 6.45) is 0.798. The number of methoxy groups -OCH3 is 1. The largest absolute Gasteiger partial charge is 0.384 e. The minimum Gasteiger partial charge on any atom is -0.384 e. The molecule has 4 heteroatoms. The molecule has 4 nitrogen and oxygen atoms in total. The SMILES string of the molecule is COCCC1(C)OCC(CN)O1. The normalized spacial score (nSPS) is 35.8. The number of ether oxygens (including phenoxy) is 3. The fraction of sp³-hybridized carbons (Fsp3) is 1.00. The second kappa shape index (κ2) is 4.18. The Morgan fingerprint density at radius 2 is 2.42 bits per heavy atom. The maximum absolute atomic E-state index is 5.57. The van der Waals surface area contributed by atoms with Crippen LogP contribution < -0.4 is 5.73 Å². The van der Waals surface area contributed by atoms with Crippen LogP contribution in [0.25, 0.3) is 0 Å². The molecule has 0 aromatic rings. The molecule has 0 saturated carbocycles. The van der Waals surface area contributed by atoms with E-state index < -0.39 is 5.79 Å². The van der Waals surface area contributed by atoms with Gasteiger partial charge in [-0.1, -0.05) is 0 Å². The van der Waals surface area contributed by atoms with Gasteiger partial charge >= 0.3 is 0 Å². The van der Waals surface area contributed by atoms with Crippen LogP contribution in [0.3, 0.4) is 0 Å². The molecule has 2 atom stereocenters. The van der Waals surface area contributed by atoms with Gasteiger partial charge in [-0.25, -0.2) is 0 Å². The van der Waals surface area contributed by atoms with Gasteiger partial charge in [0.2, 0.25) is 0 Å². The molecule has 1 heterocycles. The first-order valence-electron chi connectivity index (χ1n) is 4.21. The molecule has 12 heavy (non-hydrogen) atoms. The molecule has 0 radical (unpaired) electrons. The highest BCUT2D eigenvalue weighted by atomic mass is 16.7. The third kappa shape index (κ3) is 2.42. The average Bonchev–Trinajstić information content (AvgIpc) is 2.45. The summed E-state index contributed by atoms with van der Waals surface area (Å²) in [6.45, 7) is 3.68. The van der Waals surface area contributed by atoms with E-state index in [1.165, 1.54) is 0 Å². The highest BCUT2D eigenvalue weighted by molar-refractivity contribution is 4.75. The van der Waals surface area contributed by atoms with Gasteiger partial charge in [0.05, 0.1) is 19.3 Å². The van der Waals surface area contributed by atoms with Crippen LogP contribution in [-0.4, -0.2) is 38.8 Å². The summed E-state index contributed by atoms with van der Waals surface area (Å²) in [5.41, 5.74) is 5.45. The average molecular weight is 175 g/mol. The van der Waals surface area contributed by atoms with E-state index in [1.807, 2.05) is 6.92 Å². The third-order valence-electron chi connectivity index (χ3n) is 2.01. The van der Waals surface area contributed by atoms with E-state index in [2.05, 4.69) is 0 Å². The van der Waals surface area contributed by atoms with Gasteiger partial charge in [0.25, 0.3) is 0 Å². The molecule has 2 unspecified atom stereocenters. The van der Waals surface area contributed by atoms with Crippen LogP contribution in [0.4, 0.5) is 0 Å². The monoisotopic (exact) mass is 175 g/mol. The minimum absolute atomic E-state index is 0.0480. The molecule has 1 saturated heterocycles. The molecule has 72 valence electrons. The molecule has 2 N–H and O–H groups in total. The molecule has 0 aliphatic carbocycles. The van der Waals surface area contributed by atoms with Crippen LogP contribution in [0.1, 0.15) is 13.3 Å². The highest BCUT2D eigenvalue weighted by Gasteiger charge is 2.35. The molecular formula is C8H17NO3. The summed E-state index contributed by atoms with van der Waals surface area (Å²) < 4.78 is 16.0. The molecule has 0 spiro atoms. The molecule has 1 aliphatic heterocycles. The lowest BCUT2D eigenvalue weighted by Gasteiger charge is -2.22. The Hall–Kier alpha value is -0.160. The van der Waals surface area contributed by atoms with Crippen molar-refractivity contribution in [3.8, 4) is 0 Å². The van der Waals surface area contributed by atoms with E-state index in [4.69, 9.17) is 19.9 Å². The topological polar surface area (TPSA) is 53.7 Å². The van der Waals surface area contributed by atoms with Gasteiger partial charge in [-0.15, -0.1) is 0 Å². The van der Waals surface area contributed by atoms with Crippen LogP contribution in [0.15, 0.2) is 0 Å². The van der Waals surface area contributed by atoms with Gasteiger partial charge in [0.15, 0.2) is 5.79 Å². The Bertz CT molecular complexity index is 142. The standard InChI is InChI=1S/C8H17NO3/c1-8(3-4-10-2)11-6-7(5-9)12-8/h7H,3-6,9H2,1-2H3. The molecule has 0 aromatic carbocycles. The zero-order valence-electron chi connectivity index (χ0n) is 7.71. The maximum atomic E-state index is 5.57. The summed E-state index contributed by atoms with van der Waals surface area (Å²) in [5.74, 6) is -0.486. The van der Waals surface area contributed by atoms with E-state index in [-0.39, 0.29) is 6.10 Å². The van der Waals surface area contributed by atoms with Crippen LogP contribution in [0, 0.1) is 0 Å². The Labute approximate surface area is 73.0 Å². The van der Waals surface area contributed by atoms with Crippen LogP contribution >= 0.6 is 0 Å². The van der Waals surface area contributed by atoms with E-state index in [1.54, 1.807) is 7.11 Å². The van der Waals surface area contributed by atoms with Crippen molar-refractivity contribution < 1.29 is 14.2 Å². The zero-order valence-corrected chi connectivity index (χ0v) is 7.71. The van der Waals surface area contributed by atoms with E-state index >= 15 is 0 Å². The first-order chi connectivity index (χ1) is 5.70. The second-order valence-electron chi connectivity index (χ2n) is 3.16. The van der Waals surface area contributed by atoms with Crippen molar-refractivity contribution in [2.24, 2.45) is 5.73 Å². The fourth-order valence-corrected chi connectivity index (χ4v) is 1.22. The molecule has 1 rings (SSSR count). The van der Waals surface area contributed by atoms with Crippen molar-refractivity contribution in [1.29, 1.82) is 0 Å². The summed E-state index contributed by atoms with van der Waals surface area (Å²) in [7, 11) is 1.67. The highest BCUT2D eigenvalue weighted by Crippen LogP contribution is 2.25. The first-order valence-corrected chi connectivity index (χ1v) is 4.21. The summed E-state index contributed by atoms with van der Waals surface area (Å²) in [5, 5.41) is 0. The molecule has 1 aliphatic rings. The maximum Gasteiger partial charge on any atom is 0.168 e. The number of hydrogen-bond acceptors (Lipinski definition) is 4. The summed E-state index contributed by atoms with van der Waals surface area (Å²) >= 11 is 0. The molecule has 0 aromatic heterocycles. The predicted octanol–water partition coefficient (Wildman–Crippen LogP) is 0.113. The van der Waals surface area contributed by atoms with Gasteiger partial charge in [-0.3, -0.25) is 0 Å². The molecular weight excluding hydrogens is 158 g/mol. The van der Waals surface area contributed by atoms with Crippen molar-refractivity contribution in [2.75, 3.05) is 26.9 Å². The van der Waals surface area contributed by atoms with Crippen molar-refractivity contribution in [2.45, 2.75) is 25.2 Å². The molecule has 0 bridgehead atoms. The predicted molar refractivity (Wildman–Crippen MR) is 44.8 cm³/mol. The van der Waals surface area contributed by atoms with Crippen molar-refractivity contribution >= 4 is 0 Å². The number of rotatable bonds is 4. The fourth-order valence-electron chi connectivity index (χ4n) is 1.22. The lowest BCUT2D eigenvalue weighted by molar-refractivity contribution is -0.163. The van der Waals surface area contributed by atoms with Crippen LogP contribution in [-0.2, 0) is 14.2 Å². The van der Waals surface area contributed by atoms with Gasteiger partial charge in [0, 0.05) is 20.1 Å². The molecule has 0 amide bonds. The van der Waals surface area contributed by atoms with Crippen LogP contribution in [0.2, 0.25) is 0 Å². The zero-order chi connectivity index (χ0) is 9.03. The quantitative estimate of drug-likeness (QED) is 0.659. The smallest absolute Gasteiger partial charge is 0.168 e. The first kappa shape index (κ1) is 9.92. The lowest BCUT2D eigenvalue weighted by atomic mass is 10.2. The summed E-state index contributed by atoms with van der Waals surface area (Å²) in [6, 6.07) is 0. The lowest BCUT2D eigenvalue weighted by Crippen LogP contribution is -2.30. The van der Waals surface area contributed by atoms with Crippen molar-refractivity contribution in [3.05, 3.63) is 0 Å². The summed E-state index contributed by atoms with van der Waals surface area (Å²) in [4.78, 5) is 0. The van der Waals surface area contributed by atoms with Gasteiger partial charge in [-0.2, -0.15) is 0 Å². The van der Waals surface area contributed by atoms with Crippen molar-refractivity contribution in [1.82, 2.24) is 0 Å². The third-order valence-corrected chi connectivity index (χ3v) is 2.01. The van der Waals surface area contributed by atoms with E-state index in [0.717, 1.165) is 6.42 Å². The Morgan fingerprint density at radius 3 is 2.92 bits per heavy atom. The molecule has 1 fully saturated rings. The van der Waals surface area contributed by atoms with Gasteiger partial charge in [-0.05, 0) is 6.92 Å². The Kier molecular flexibility index (Phi) is 3.46. The van der Waals surface area contributed by atoms with Gasteiger partial charge in [0.1, 0.15) is 0 Å². The van der Waals surface area contributed by atoms with Crippen LogP contribution in [0.5, 0.6) is 0 Å². The van der Waals surface area contributed by atoms with Gasteiger partial charge < -0.3 is 19.9 Å². The Balaban J connectivity index is 2.31.